The molecule has 0 saturated carbocycles. The van der Waals surface area contributed by atoms with Gasteiger partial charge in [-0.15, -0.1) is 0 Å². The van der Waals surface area contributed by atoms with E-state index in [0.29, 0.717) is 23.2 Å². The summed E-state index contributed by atoms with van der Waals surface area (Å²) in [5.41, 5.74) is 1.69. The van der Waals surface area contributed by atoms with E-state index >= 15 is 0 Å². The van der Waals surface area contributed by atoms with Gasteiger partial charge in [-0.1, -0.05) is 6.07 Å². The molecule has 6 nitrogen and oxygen atoms in total. The van der Waals surface area contributed by atoms with E-state index in [1.165, 1.54) is 25.7 Å². The van der Waals surface area contributed by atoms with E-state index in [1.807, 2.05) is 6.07 Å². The average molecular weight is 303 g/mol. The third-order valence-corrected chi connectivity index (χ3v) is 3.43. The molecule has 0 radical (unpaired) electrons. The van der Waals surface area contributed by atoms with Gasteiger partial charge in [-0.25, -0.2) is 4.79 Å². The fourth-order valence-corrected chi connectivity index (χ4v) is 2.39. The number of carbonyl (C=O) groups excluding carboxylic acids is 3. The minimum atomic E-state index is -0.464. The van der Waals surface area contributed by atoms with Crippen LogP contribution in [0.3, 0.4) is 0 Å². The standard InChI is InChI=1S/C16H17NO5/c1-10(18)17-13(6-7-15(19)21-2)8-11-4-5-12(9-14(11)17)16(20)22-3/h4-5,8-9H,6-7H2,1-3H3. The molecule has 0 fully saturated rings. The predicted octanol–water partition coefficient (Wildman–Crippen LogP) is 2.19. The van der Waals surface area contributed by atoms with Crippen LogP contribution in [0.15, 0.2) is 24.3 Å². The predicted molar refractivity (Wildman–Crippen MR) is 79.9 cm³/mol. The molecule has 2 rings (SSSR count). The van der Waals surface area contributed by atoms with Gasteiger partial charge in [0.1, 0.15) is 0 Å². The van der Waals surface area contributed by atoms with Gasteiger partial charge in [0, 0.05) is 18.0 Å². The molecule has 1 aromatic carbocycles. The van der Waals surface area contributed by atoms with Gasteiger partial charge in [-0.05, 0) is 24.6 Å². The number of aryl methyl sites for hydroxylation is 1. The van der Waals surface area contributed by atoms with E-state index in [-0.39, 0.29) is 18.3 Å². The molecule has 0 bridgehead atoms. The van der Waals surface area contributed by atoms with Gasteiger partial charge in [-0.2, -0.15) is 0 Å². The van der Waals surface area contributed by atoms with Crippen molar-refractivity contribution in [2.24, 2.45) is 0 Å². The molecule has 0 atom stereocenters. The summed E-state index contributed by atoms with van der Waals surface area (Å²) in [5, 5.41) is 0.822. The molecule has 116 valence electrons. The van der Waals surface area contributed by atoms with Crippen molar-refractivity contribution in [3.8, 4) is 0 Å². The first-order valence-corrected chi connectivity index (χ1v) is 6.78. The third kappa shape index (κ3) is 3.00. The molecule has 0 spiro atoms. The number of benzene rings is 1. The molecule has 0 aliphatic carbocycles. The van der Waals surface area contributed by atoms with Gasteiger partial charge in [0.2, 0.25) is 5.91 Å². The first-order valence-electron chi connectivity index (χ1n) is 6.78. The fraction of sp³-hybridized carbons (Fsp3) is 0.312. The van der Waals surface area contributed by atoms with Crippen LogP contribution in [0.25, 0.3) is 10.9 Å². The summed E-state index contributed by atoms with van der Waals surface area (Å²) in [6.45, 7) is 1.44. The highest BCUT2D eigenvalue weighted by atomic mass is 16.5. The maximum atomic E-state index is 11.9. The number of ether oxygens (including phenoxy) is 2. The van der Waals surface area contributed by atoms with Gasteiger partial charge in [-0.3, -0.25) is 14.2 Å². The Morgan fingerprint density at radius 2 is 1.82 bits per heavy atom. The summed E-state index contributed by atoms with van der Waals surface area (Å²) in [6.07, 6.45) is 0.568. The largest absolute Gasteiger partial charge is 0.469 e. The van der Waals surface area contributed by atoms with Crippen LogP contribution in [0.1, 0.15) is 34.2 Å². The van der Waals surface area contributed by atoms with Crippen LogP contribution < -0.4 is 0 Å². The van der Waals surface area contributed by atoms with E-state index in [4.69, 9.17) is 4.74 Å². The number of methoxy groups -OCH3 is 2. The van der Waals surface area contributed by atoms with Crippen molar-refractivity contribution in [1.29, 1.82) is 0 Å². The Balaban J connectivity index is 2.49. The third-order valence-electron chi connectivity index (χ3n) is 3.43. The molecule has 1 aromatic heterocycles. The molecule has 22 heavy (non-hydrogen) atoms. The summed E-state index contributed by atoms with van der Waals surface area (Å²) < 4.78 is 10.8. The lowest BCUT2D eigenvalue weighted by Gasteiger charge is -2.07. The lowest BCUT2D eigenvalue weighted by atomic mass is 10.1. The number of carbonyl (C=O) groups is 3. The molecule has 0 aliphatic heterocycles. The van der Waals surface area contributed by atoms with Crippen molar-refractivity contribution in [3.05, 3.63) is 35.5 Å². The lowest BCUT2D eigenvalue weighted by Crippen LogP contribution is -2.12. The van der Waals surface area contributed by atoms with E-state index in [1.54, 1.807) is 18.2 Å². The van der Waals surface area contributed by atoms with Crippen molar-refractivity contribution in [2.45, 2.75) is 19.8 Å². The second kappa shape index (κ2) is 6.43. The van der Waals surface area contributed by atoms with Crippen molar-refractivity contribution in [3.63, 3.8) is 0 Å². The van der Waals surface area contributed by atoms with Gasteiger partial charge in [0.05, 0.1) is 31.7 Å². The Bertz CT molecular complexity index is 744. The van der Waals surface area contributed by atoms with Crippen LogP contribution in [0.2, 0.25) is 0 Å². The van der Waals surface area contributed by atoms with E-state index in [2.05, 4.69) is 4.74 Å². The smallest absolute Gasteiger partial charge is 0.337 e. The molecule has 2 aromatic rings. The second-order valence-electron chi connectivity index (χ2n) is 4.83. The Hall–Kier alpha value is -2.63. The van der Waals surface area contributed by atoms with Crippen molar-refractivity contribution in [2.75, 3.05) is 14.2 Å². The molecule has 0 saturated heterocycles. The topological polar surface area (TPSA) is 74.6 Å². The summed E-state index contributed by atoms with van der Waals surface area (Å²) in [7, 11) is 2.63. The summed E-state index contributed by atoms with van der Waals surface area (Å²) in [6, 6.07) is 6.84. The highest BCUT2D eigenvalue weighted by molar-refractivity contribution is 5.98. The first-order chi connectivity index (χ1) is 10.5. The molecule has 0 N–H and O–H groups in total. The highest BCUT2D eigenvalue weighted by Gasteiger charge is 2.15. The van der Waals surface area contributed by atoms with Crippen LogP contribution in [0.4, 0.5) is 0 Å². The van der Waals surface area contributed by atoms with Gasteiger partial charge in [0.25, 0.3) is 0 Å². The number of aromatic nitrogens is 1. The quantitative estimate of drug-likeness (QED) is 0.809. The Labute approximate surface area is 127 Å². The van der Waals surface area contributed by atoms with Crippen LogP contribution >= 0.6 is 0 Å². The summed E-state index contributed by atoms with van der Waals surface area (Å²) in [5.74, 6) is -0.984. The van der Waals surface area contributed by atoms with Crippen LogP contribution in [-0.4, -0.2) is 36.6 Å². The molecule has 6 heteroatoms. The fourth-order valence-electron chi connectivity index (χ4n) is 2.39. The van der Waals surface area contributed by atoms with E-state index < -0.39 is 5.97 Å². The minimum absolute atomic E-state index is 0.183. The Morgan fingerprint density at radius 1 is 1.09 bits per heavy atom. The van der Waals surface area contributed by atoms with Crippen LogP contribution in [0, 0.1) is 0 Å². The zero-order valence-corrected chi connectivity index (χ0v) is 12.7. The highest BCUT2D eigenvalue weighted by Crippen LogP contribution is 2.23. The molecule has 1 heterocycles. The zero-order chi connectivity index (χ0) is 16.3. The number of esters is 2. The molecule has 0 unspecified atom stereocenters. The average Bonchev–Trinajstić information content (AvgIpc) is 2.89. The maximum absolute atomic E-state index is 11.9. The first kappa shape index (κ1) is 15.8. The van der Waals surface area contributed by atoms with Gasteiger partial charge < -0.3 is 9.47 Å². The van der Waals surface area contributed by atoms with Crippen molar-refractivity contribution >= 4 is 28.7 Å². The number of hydrogen-bond donors (Lipinski definition) is 0. The van der Waals surface area contributed by atoms with Gasteiger partial charge in [0.15, 0.2) is 0 Å². The van der Waals surface area contributed by atoms with Crippen molar-refractivity contribution < 1.29 is 23.9 Å². The van der Waals surface area contributed by atoms with E-state index in [9.17, 15) is 14.4 Å². The number of fused-ring (bicyclic) bond motifs is 1. The monoisotopic (exact) mass is 303 g/mol. The Morgan fingerprint density at radius 3 is 2.41 bits per heavy atom. The minimum Gasteiger partial charge on any atom is -0.469 e. The number of hydrogen-bond acceptors (Lipinski definition) is 5. The van der Waals surface area contributed by atoms with Crippen LogP contribution in [0.5, 0.6) is 0 Å². The van der Waals surface area contributed by atoms with Gasteiger partial charge >= 0.3 is 11.9 Å². The molecule has 0 amide bonds. The molecular formula is C16H17NO5. The van der Waals surface area contributed by atoms with Crippen LogP contribution in [-0.2, 0) is 20.7 Å². The second-order valence-corrected chi connectivity index (χ2v) is 4.83. The normalized spacial score (nSPS) is 10.5. The summed E-state index contributed by atoms with van der Waals surface area (Å²) >= 11 is 0. The number of nitrogens with zero attached hydrogens (tertiary/aromatic N) is 1. The summed E-state index contributed by atoms with van der Waals surface area (Å²) in [4.78, 5) is 34.8. The SMILES string of the molecule is COC(=O)CCc1cc2ccc(C(=O)OC)cc2n1C(C)=O. The zero-order valence-electron chi connectivity index (χ0n) is 12.7. The molecule has 0 aliphatic rings. The lowest BCUT2D eigenvalue weighted by molar-refractivity contribution is -0.140. The maximum Gasteiger partial charge on any atom is 0.337 e. The van der Waals surface area contributed by atoms with E-state index in [0.717, 1.165) is 5.39 Å². The van der Waals surface area contributed by atoms with Crippen molar-refractivity contribution in [1.82, 2.24) is 4.57 Å². The Kier molecular flexibility index (Phi) is 4.60. The molecular weight excluding hydrogens is 286 g/mol. The number of rotatable bonds is 4.